The predicted octanol–water partition coefficient (Wildman–Crippen LogP) is 3.82. The van der Waals surface area contributed by atoms with E-state index in [9.17, 15) is 14.9 Å². The second kappa shape index (κ2) is 6.93. The molecule has 1 aliphatic rings. The lowest BCUT2D eigenvalue weighted by molar-refractivity contribution is -0.384. The molecule has 0 saturated carbocycles. The van der Waals surface area contributed by atoms with E-state index in [0.717, 1.165) is 18.5 Å². The maximum absolute atomic E-state index is 12.3. The van der Waals surface area contributed by atoms with Crippen molar-refractivity contribution >= 4 is 23.0 Å². The lowest BCUT2D eigenvalue weighted by Gasteiger charge is -2.20. The summed E-state index contributed by atoms with van der Waals surface area (Å²) in [5.41, 5.74) is 2.95. The standard InChI is InChI=1S/C19H21N3O3/c1-3-13(2)20-19(23)15-8-9-17(18(12-15)22(24)25)21-11-10-14-6-4-5-7-16(14)21/h4-9,12-13H,3,10-11H2,1-2H3,(H,20,23)/t13-/m0/s1. The van der Waals surface area contributed by atoms with Crippen LogP contribution in [0.4, 0.5) is 17.1 Å². The highest BCUT2D eigenvalue weighted by atomic mass is 16.6. The van der Waals surface area contributed by atoms with E-state index < -0.39 is 4.92 Å². The topological polar surface area (TPSA) is 75.5 Å². The van der Waals surface area contributed by atoms with Gasteiger partial charge in [0.2, 0.25) is 0 Å². The van der Waals surface area contributed by atoms with Crippen LogP contribution in [0.3, 0.4) is 0 Å². The van der Waals surface area contributed by atoms with Crippen molar-refractivity contribution in [1.29, 1.82) is 0 Å². The molecule has 0 unspecified atom stereocenters. The van der Waals surface area contributed by atoms with Crippen LogP contribution in [0.1, 0.15) is 36.2 Å². The van der Waals surface area contributed by atoms with Gasteiger partial charge in [-0.1, -0.05) is 25.1 Å². The van der Waals surface area contributed by atoms with E-state index in [0.29, 0.717) is 17.8 Å². The van der Waals surface area contributed by atoms with Crippen molar-refractivity contribution in [3.8, 4) is 0 Å². The molecule has 2 aromatic rings. The Labute approximate surface area is 146 Å². The smallest absolute Gasteiger partial charge is 0.293 e. The number of para-hydroxylation sites is 1. The number of anilines is 2. The highest BCUT2D eigenvalue weighted by Crippen LogP contribution is 2.39. The third kappa shape index (κ3) is 3.33. The van der Waals surface area contributed by atoms with E-state index in [4.69, 9.17) is 0 Å². The molecule has 0 aromatic heterocycles. The number of hydrogen-bond acceptors (Lipinski definition) is 4. The second-order valence-corrected chi connectivity index (χ2v) is 6.27. The van der Waals surface area contributed by atoms with E-state index in [2.05, 4.69) is 5.32 Å². The molecule has 6 nitrogen and oxygen atoms in total. The fraction of sp³-hybridized carbons (Fsp3) is 0.316. The summed E-state index contributed by atoms with van der Waals surface area (Å²) in [5.74, 6) is -0.286. The van der Waals surface area contributed by atoms with Crippen LogP contribution in [0.15, 0.2) is 42.5 Å². The Hall–Kier alpha value is -2.89. The normalized spacial score (nSPS) is 14.1. The molecular weight excluding hydrogens is 318 g/mol. The number of fused-ring (bicyclic) bond motifs is 1. The van der Waals surface area contributed by atoms with Crippen LogP contribution >= 0.6 is 0 Å². The first kappa shape index (κ1) is 17.0. The maximum Gasteiger partial charge on any atom is 0.293 e. The van der Waals surface area contributed by atoms with Gasteiger partial charge in [0.25, 0.3) is 11.6 Å². The summed E-state index contributed by atoms with van der Waals surface area (Å²) < 4.78 is 0. The Morgan fingerprint density at radius 3 is 2.76 bits per heavy atom. The zero-order valence-corrected chi connectivity index (χ0v) is 14.4. The highest BCUT2D eigenvalue weighted by molar-refractivity contribution is 5.96. The van der Waals surface area contributed by atoms with Crippen LogP contribution in [0.25, 0.3) is 0 Å². The SMILES string of the molecule is CC[C@H](C)NC(=O)c1ccc(N2CCc3ccccc32)c([N+](=O)[O-])c1. The number of carbonyl (C=O) groups is 1. The van der Waals surface area contributed by atoms with E-state index in [1.165, 1.54) is 11.6 Å². The average Bonchev–Trinajstić information content (AvgIpc) is 3.04. The molecular formula is C19H21N3O3. The Morgan fingerprint density at radius 1 is 1.28 bits per heavy atom. The highest BCUT2D eigenvalue weighted by Gasteiger charge is 2.27. The van der Waals surface area contributed by atoms with Crippen molar-refractivity contribution in [2.45, 2.75) is 32.7 Å². The van der Waals surface area contributed by atoms with E-state index in [1.54, 1.807) is 12.1 Å². The van der Waals surface area contributed by atoms with Gasteiger partial charge in [-0.15, -0.1) is 0 Å². The summed E-state index contributed by atoms with van der Waals surface area (Å²) in [7, 11) is 0. The first-order valence-electron chi connectivity index (χ1n) is 8.46. The first-order valence-corrected chi connectivity index (χ1v) is 8.46. The number of nitro groups is 1. The van der Waals surface area contributed by atoms with Crippen molar-refractivity contribution in [3.05, 3.63) is 63.7 Å². The molecule has 1 atom stereocenters. The molecule has 0 spiro atoms. The molecule has 0 bridgehead atoms. The quantitative estimate of drug-likeness (QED) is 0.664. The number of hydrogen-bond donors (Lipinski definition) is 1. The van der Waals surface area contributed by atoms with Crippen LogP contribution in [-0.4, -0.2) is 23.4 Å². The molecule has 0 fully saturated rings. The van der Waals surface area contributed by atoms with Gasteiger partial charge in [-0.25, -0.2) is 0 Å². The largest absolute Gasteiger partial charge is 0.350 e. The maximum atomic E-state index is 12.3. The summed E-state index contributed by atoms with van der Waals surface area (Å²) in [4.78, 5) is 25.4. The van der Waals surface area contributed by atoms with E-state index in [1.807, 2.05) is 43.0 Å². The number of carbonyl (C=O) groups excluding carboxylic acids is 1. The van der Waals surface area contributed by atoms with Crippen molar-refractivity contribution in [2.24, 2.45) is 0 Å². The number of nitrogens with one attached hydrogen (secondary N) is 1. The molecule has 1 amide bonds. The van der Waals surface area contributed by atoms with Crippen molar-refractivity contribution < 1.29 is 9.72 Å². The van der Waals surface area contributed by atoms with Crippen LogP contribution < -0.4 is 10.2 Å². The number of benzene rings is 2. The summed E-state index contributed by atoms with van der Waals surface area (Å²) in [5, 5.41) is 14.4. The number of nitro benzene ring substituents is 1. The summed E-state index contributed by atoms with van der Waals surface area (Å²) in [6, 6.07) is 12.6. The van der Waals surface area contributed by atoms with Gasteiger partial charge in [-0.3, -0.25) is 14.9 Å². The van der Waals surface area contributed by atoms with Gasteiger partial charge in [0, 0.05) is 29.9 Å². The van der Waals surface area contributed by atoms with Gasteiger partial charge in [0.05, 0.1) is 4.92 Å². The molecule has 25 heavy (non-hydrogen) atoms. The lowest BCUT2D eigenvalue weighted by atomic mass is 10.1. The fourth-order valence-corrected chi connectivity index (χ4v) is 3.04. The van der Waals surface area contributed by atoms with E-state index >= 15 is 0 Å². The average molecular weight is 339 g/mol. The van der Waals surface area contributed by atoms with Crippen molar-refractivity contribution in [2.75, 3.05) is 11.4 Å². The minimum atomic E-state index is -0.420. The second-order valence-electron chi connectivity index (χ2n) is 6.27. The lowest BCUT2D eigenvalue weighted by Crippen LogP contribution is -2.32. The zero-order chi connectivity index (χ0) is 18.0. The number of rotatable bonds is 5. The van der Waals surface area contributed by atoms with Gasteiger partial charge in [-0.2, -0.15) is 0 Å². The Morgan fingerprint density at radius 2 is 2.04 bits per heavy atom. The Balaban J connectivity index is 1.96. The van der Waals surface area contributed by atoms with Gasteiger partial charge >= 0.3 is 0 Å². The molecule has 2 aromatic carbocycles. The fourth-order valence-electron chi connectivity index (χ4n) is 3.04. The van der Waals surface area contributed by atoms with Crippen molar-refractivity contribution in [3.63, 3.8) is 0 Å². The Bertz CT molecular complexity index is 819. The van der Waals surface area contributed by atoms with Crippen LogP contribution in [0.2, 0.25) is 0 Å². The molecule has 1 aliphatic heterocycles. The minimum Gasteiger partial charge on any atom is -0.350 e. The molecule has 130 valence electrons. The van der Waals surface area contributed by atoms with Gasteiger partial charge in [0.1, 0.15) is 5.69 Å². The monoisotopic (exact) mass is 339 g/mol. The first-order chi connectivity index (χ1) is 12.0. The molecule has 1 heterocycles. The van der Waals surface area contributed by atoms with Gasteiger partial charge in [-0.05, 0) is 43.5 Å². The summed E-state index contributed by atoms with van der Waals surface area (Å²) >= 11 is 0. The van der Waals surface area contributed by atoms with E-state index in [-0.39, 0.29) is 17.6 Å². The zero-order valence-electron chi connectivity index (χ0n) is 14.4. The summed E-state index contributed by atoms with van der Waals surface area (Å²) in [6.07, 6.45) is 1.65. The van der Waals surface area contributed by atoms with Crippen LogP contribution in [0, 0.1) is 10.1 Å². The molecule has 0 aliphatic carbocycles. The number of amides is 1. The molecule has 0 radical (unpaired) electrons. The molecule has 3 rings (SSSR count). The third-order valence-corrected chi connectivity index (χ3v) is 4.60. The molecule has 6 heteroatoms. The third-order valence-electron chi connectivity index (χ3n) is 4.60. The summed E-state index contributed by atoms with van der Waals surface area (Å²) in [6.45, 7) is 4.57. The minimum absolute atomic E-state index is 0.0247. The van der Waals surface area contributed by atoms with Crippen molar-refractivity contribution in [1.82, 2.24) is 5.32 Å². The molecule has 1 N–H and O–H groups in total. The van der Waals surface area contributed by atoms with Crippen LogP contribution in [-0.2, 0) is 6.42 Å². The number of nitrogens with zero attached hydrogens (tertiary/aromatic N) is 2. The van der Waals surface area contributed by atoms with Gasteiger partial charge < -0.3 is 10.2 Å². The predicted molar refractivity (Wildman–Crippen MR) is 97.5 cm³/mol. The Kier molecular flexibility index (Phi) is 4.70. The van der Waals surface area contributed by atoms with Gasteiger partial charge in [0.15, 0.2) is 0 Å². The van der Waals surface area contributed by atoms with Crippen LogP contribution in [0.5, 0.6) is 0 Å². The molecule has 0 saturated heterocycles.